The Morgan fingerprint density at radius 3 is 2.17 bits per heavy atom. The van der Waals surface area contributed by atoms with E-state index >= 15 is 0 Å². The Labute approximate surface area is 205 Å². The van der Waals surface area contributed by atoms with Crippen LogP contribution in [-0.4, -0.2) is 55.0 Å². The number of carboxylic acids is 1. The highest BCUT2D eigenvalue weighted by Gasteiger charge is 2.41. The lowest BCUT2D eigenvalue weighted by molar-refractivity contribution is -0.150. The van der Waals surface area contributed by atoms with Crippen LogP contribution in [0.25, 0.3) is 11.1 Å². The number of nitrogens with one attached hydrogen (secondary N) is 2. The van der Waals surface area contributed by atoms with Gasteiger partial charge in [0.2, 0.25) is 5.91 Å². The number of rotatable bonds is 11. The molecule has 0 aliphatic heterocycles. The van der Waals surface area contributed by atoms with Crippen molar-refractivity contribution < 1.29 is 29.0 Å². The zero-order valence-electron chi connectivity index (χ0n) is 20.1. The number of methoxy groups -OCH3 is 1. The predicted molar refractivity (Wildman–Crippen MR) is 130 cm³/mol. The Morgan fingerprint density at radius 2 is 1.66 bits per heavy atom. The largest absolute Gasteiger partial charge is 0.479 e. The lowest BCUT2D eigenvalue weighted by atomic mass is 9.96. The van der Waals surface area contributed by atoms with Crippen LogP contribution in [0.15, 0.2) is 48.5 Å². The average Bonchev–Trinajstić information content (AvgIpc) is 3.65. The molecule has 2 amide bonds. The quantitative estimate of drug-likeness (QED) is 0.452. The van der Waals surface area contributed by atoms with Gasteiger partial charge in [-0.2, -0.15) is 0 Å². The van der Waals surface area contributed by atoms with Crippen molar-refractivity contribution in [1.82, 2.24) is 10.6 Å². The second-order valence-electron chi connectivity index (χ2n) is 9.34. The van der Waals surface area contributed by atoms with Gasteiger partial charge in [-0.25, -0.2) is 9.59 Å². The molecule has 0 heterocycles. The monoisotopic (exact) mass is 480 g/mol. The van der Waals surface area contributed by atoms with E-state index < -0.39 is 29.6 Å². The smallest absolute Gasteiger partial charge is 0.407 e. The van der Waals surface area contributed by atoms with Gasteiger partial charge in [0.15, 0.2) is 5.54 Å². The molecule has 3 N–H and O–H groups in total. The summed E-state index contributed by atoms with van der Waals surface area (Å²) in [6.07, 6.45) is 1.38. The van der Waals surface area contributed by atoms with Crippen LogP contribution in [0.3, 0.4) is 0 Å². The van der Waals surface area contributed by atoms with Crippen LogP contribution in [0, 0.1) is 5.92 Å². The summed E-state index contributed by atoms with van der Waals surface area (Å²) in [5.41, 5.74) is 3.06. The normalized spacial score (nSPS) is 17.0. The minimum Gasteiger partial charge on any atom is -0.479 e. The Kier molecular flexibility index (Phi) is 7.40. The molecule has 0 saturated heterocycles. The molecule has 2 atom stereocenters. The zero-order chi connectivity index (χ0) is 25.0. The fourth-order valence-corrected chi connectivity index (χ4v) is 4.88. The zero-order valence-corrected chi connectivity index (χ0v) is 20.1. The van der Waals surface area contributed by atoms with Gasteiger partial charge < -0.3 is 25.2 Å². The summed E-state index contributed by atoms with van der Waals surface area (Å²) >= 11 is 0. The van der Waals surface area contributed by atoms with E-state index in [0.717, 1.165) is 35.1 Å². The highest BCUT2D eigenvalue weighted by Crippen LogP contribution is 2.44. The first-order chi connectivity index (χ1) is 16.9. The number of benzene rings is 2. The third kappa shape index (κ3) is 5.32. The van der Waals surface area contributed by atoms with E-state index in [-0.39, 0.29) is 37.9 Å². The molecular formula is C27H32N2O6. The second kappa shape index (κ2) is 10.5. The number of carbonyl (C=O) groups is 3. The van der Waals surface area contributed by atoms with Gasteiger partial charge in [0.1, 0.15) is 6.61 Å². The topological polar surface area (TPSA) is 114 Å². The highest BCUT2D eigenvalue weighted by atomic mass is 16.5. The van der Waals surface area contributed by atoms with Crippen LogP contribution in [0.1, 0.15) is 49.7 Å². The number of aliphatic carboxylic acids is 1. The van der Waals surface area contributed by atoms with Crippen LogP contribution in [0.5, 0.6) is 0 Å². The van der Waals surface area contributed by atoms with Gasteiger partial charge in [0.05, 0.1) is 6.61 Å². The van der Waals surface area contributed by atoms with Gasteiger partial charge in [-0.15, -0.1) is 0 Å². The number of carbonyl (C=O) groups excluding carboxylic acids is 2. The number of hydrogen-bond acceptors (Lipinski definition) is 5. The Bertz CT molecular complexity index is 1050. The average molecular weight is 481 g/mol. The number of alkyl carbamates (subject to hydrolysis) is 1. The third-order valence-corrected chi connectivity index (χ3v) is 7.03. The van der Waals surface area contributed by atoms with Crippen molar-refractivity contribution in [2.45, 2.75) is 50.1 Å². The standard InChI is InChI=1S/C27H32N2O6/c1-3-27(16-34-2,25(31)32)29-24(30)14-23(17-12-13-17)28-26(33)35-15-22-20-10-6-4-8-18(20)19-9-5-7-11-21(19)22/h4-11,17,22-23H,3,12-16H2,1-2H3,(H,28,33)(H,29,30)(H,31,32). The van der Waals surface area contributed by atoms with Gasteiger partial charge in [-0.05, 0) is 47.4 Å². The van der Waals surface area contributed by atoms with E-state index in [1.54, 1.807) is 6.92 Å². The number of ether oxygens (including phenoxy) is 2. The van der Waals surface area contributed by atoms with Crippen LogP contribution in [0.2, 0.25) is 0 Å². The van der Waals surface area contributed by atoms with Crippen molar-refractivity contribution in [3.8, 4) is 11.1 Å². The van der Waals surface area contributed by atoms with Gasteiger partial charge in [0.25, 0.3) is 0 Å². The molecule has 2 aliphatic carbocycles. The molecule has 4 rings (SSSR count). The summed E-state index contributed by atoms with van der Waals surface area (Å²) in [6.45, 7) is 1.73. The van der Waals surface area contributed by atoms with Crippen molar-refractivity contribution in [3.63, 3.8) is 0 Å². The van der Waals surface area contributed by atoms with Crippen LogP contribution < -0.4 is 10.6 Å². The van der Waals surface area contributed by atoms with Gasteiger partial charge >= 0.3 is 12.1 Å². The van der Waals surface area contributed by atoms with E-state index in [1.807, 2.05) is 24.3 Å². The lowest BCUT2D eigenvalue weighted by Gasteiger charge is -2.29. The third-order valence-electron chi connectivity index (χ3n) is 7.03. The molecule has 186 valence electrons. The fourth-order valence-electron chi connectivity index (χ4n) is 4.88. The van der Waals surface area contributed by atoms with Crippen LogP contribution in [0.4, 0.5) is 4.79 Å². The Balaban J connectivity index is 1.37. The molecule has 1 saturated carbocycles. The van der Waals surface area contributed by atoms with E-state index in [2.05, 4.69) is 34.9 Å². The molecule has 0 aromatic heterocycles. The number of hydrogen-bond donors (Lipinski definition) is 3. The summed E-state index contributed by atoms with van der Waals surface area (Å²) in [4.78, 5) is 37.3. The fraction of sp³-hybridized carbons (Fsp3) is 0.444. The van der Waals surface area contributed by atoms with Crippen molar-refractivity contribution in [1.29, 1.82) is 0 Å². The molecule has 35 heavy (non-hydrogen) atoms. The maximum atomic E-state index is 12.7. The SMILES string of the molecule is CCC(COC)(NC(=O)CC(NC(=O)OCC1c2ccccc2-c2ccccc21)C1CC1)C(=O)O. The maximum Gasteiger partial charge on any atom is 0.407 e. The first-order valence-corrected chi connectivity index (χ1v) is 12.0. The molecule has 2 aromatic rings. The van der Waals surface area contributed by atoms with Gasteiger partial charge in [-0.1, -0.05) is 55.5 Å². The number of fused-ring (bicyclic) bond motifs is 3. The number of amides is 2. The molecule has 0 radical (unpaired) electrons. The minimum atomic E-state index is -1.50. The van der Waals surface area contributed by atoms with Crippen molar-refractivity contribution in [3.05, 3.63) is 59.7 Å². The molecule has 1 fully saturated rings. The molecule has 2 aliphatic rings. The molecule has 8 nitrogen and oxygen atoms in total. The van der Waals surface area contributed by atoms with Gasteiger partial charge in [-0.3, -0.25) is 4.79 Å². The predicted octanol–water partition coefficient (Wildman–Crippen LogP) is 3.69. The van der Waals surface area contributed by atoms with E-state index in [9.17, 15) is 19.5 Å². The Morgan fingerprint density at radius 1 is 1.06 bits per heavy atom. The minimum absolute atomic E-state index is 0.0202. The maximum absolute atomic E-state index is 12.7. The molecule has 2 aromatic carbocycles. The summed E-state index contributed by atoms with van der Waals surface area (Å²) < 4.78 is 10.7. The molecule has 0 bridgehead atoms. The summed E-state index contributed by atoms with van der Waals surface area (Å²) in [6, 6.07) is 15.8. The van der Waals surface area contributed by atoms with Crippen molar-refractivity contribution >= 4 is 18.0 Å². The van der Waals surface area contributed by atoms with E-state index in [4.69, 9.17) is 9.47 Å². The van der Waals surface area contributed by atoms with E-state index in [0.29, 0.717) is 0 Å². The van der Waals surface area contributed by atoms with E-state index in [1.165, 1.54) is 7.11 Å². The van der Waals surface area contributed by atoms with Crippen molar-refractivity contribution in [2.24, 2.45) is 5.92 Å². The summed E-state index contributed by atoms with van der Waals surface area (Å²) in [5, 5.41) is 15.1. The molecule has 8 heteroatoms. The van der Waals surface area contributed by atoms with Crippen LogP contribution >= 0.6 is 0 Å². The second-order valence-corrected chi connectivity index (χ2v) is 9.34. The molecule has 2 unspecified atom stereocenters. The summed E-state index contributed by atoms with van der Waals surface area (Å²) in [7, 11) is 1.39. The first kappa shape index (κ1) is 24.7. The first-order valence-electron chi connectivity index (χ1n) is 12.0. The molecule has 0 spiro atoms. The van der Waals surface area contributed by atoms with Gasteiger partial charge in [0, 0.05) is 25.5 Å². The molecular weight excluding hydrogens is 448 g/mol. The highest BCUT2D eigenvalue weighted by molar-refractivity contribution is 5.87. The van der Waals surface area contributed by atoms with Crippen molar-refractivity contribution in [2.75, 3.05) is 20.3 Å². The lowest BCUT2D eigenvalue weighted by Crippen LogP contribution is -2.58. The summed E-state index contributed by atoms with van der Waals surface area (Å²) in [5.74, 6) is -1.47. The number of carboxylic acid groups (broad SMARTS) is 1. The van der Waals surface area contributed by atoms with Crippen LogP contribution in [-0.2, 0) is 19.1 Å². The Hall–Kier alpha value is -3.39.